The van der Waals surface area contributed by atoms with E-state index in [1.807, 2.05) is 0 Å². The summed E-state index contributed by atoms with van der Waals surface area (Å²) in [5, 5.41) is 0. The quantitative estimate of drug-likeness (QED) is 0.805. The summed E-state index contributed by atoms with van der Waals surface area (Å²) in [6.45, 7) is -1.14. The van der Waals surface area contributed by atoms with Gasteiger partial charge in [0.15, 0.2) is 11.9 Å². The second-order valence-corrected chi connectivity index (χ2v) is 5.31. The normalized spacial score (nSPS) is 17.0. The second-order valence-electron chi connectivity index (χ2n) is 5.31. The van der Waals surface area contributed by atoms with E-state index < -0.39 is 12.7 Å². The SMILES string of the molecule is CC(OC(=O)C1CCC1)c1nc2ccccc2n1C(F)F. The Balaban J connectivity index is 1.91. The predicted octanol–water partition coefficient (Wildman–Crippen LogP) is 3.84. The van der Waals surface area contributed by atoms with Crippen molar-refractivity contribution in [2.45, 2.75) is 38.8 Å². The Morgan fingerprint density at radius 1 is 1.38 bits per heavy atom. The number of hydrogen-bond donors (Lipinski definition) is 0. The summed E-state index contributed by atoms with van der Waals surface area (Å²) in [5.74, 6) is -0.322. The lowest BCUT2D eigenvalue weighted by Crippen LogP contribution is -2.26. The zero-order chi connectivity index (χ0) is 15.0. The minimum atomic E-state index is -2.72. The van der Waals surface area contributed by atoms with Gasteiger partial charge in [0.1, 0.15) is 0 Å². The van der Waals surface area contributed by atoms with Crippen molar-refractivity contribution in [1.29, 1.82) is 0 Å². The number of esters is 1. The lowest BCUT2D eigenvalue weighted by molar-refractivity contribution is -0.157. The number of para-hydroxylation sites is 2. The van der Waals surface area contributed by atoms with Crippen molar-refractivity contribution in [3.8, 4) is 0 Å². The number of ether oxygens (including phenoxy) is 1. The van der Waals surface area contributed by atoms with Gasteiger partial charge in [-0.2, -0.15) is 8.78 Å². The molecule has 1 atom stereocenters. The lowest BCUT2D eigenvalue weighted by Gasteiger charge is -2.25. The third kappa shape index (κ3) is 2.50. The molecule has 1 saturated carbocycles. The maximum atomic E-state index is 13.3. The molecule has 0 saturated heterocycles. The average molecular weight is 294 g/mol. The van der Waals surface area contributed by atoms with Crippen LogP contribution in [0.15, 0.2) is 24.3 Å². The molecule has 1 aliphatic rings. The summed E-state index contributed by atoms with van der Waals surface area (Å²) in [4.78, 5) is 16.1. The standard InChI is InChI=1S/C15H16F2N2O2/c1-9(21-14(20)10-5-4-6-10)13-18-11-7-2-3-8-12(11)19(13)15(16)17/h2-3,7-10,15H,4-6H2,1H3. The van der Waals surface area contributed by atoms with Crippen LogP contribution in [0.2, 0.25) is 0 Å². The Hall–Kier alpha value is -1.98. The highest BCUT2D eigenvalue weighted by Gasteiger charge is 2.30. The molecule has 0 N–H and O–H groups in total. The van der Waals surface area contributed by atoms with Gasteiger partial charge in [-0.3, -0.25) is 9.36 Å². The molecule has 21 heavy (non-hydrogen) atoms. The van der Waals surface area contributed by atoms with Crippen LogP contribution in [0.5, 0.6) is 0 Å². The summed E-state index contributed by atoms with van der Waals surface area (Å²) < 4.78 is 32.7. The van der Waals surface area contributed by atoms with Crippen LogP contribution < -0.4 is 0 Å². The van der Waals surface area contributed by atoms with Crippen LogP contribution in [-0.4, -0.2) is 15.5 Å². The third-order valence-corrected chi connectivity index (χ3v) is 3.91. The Kier molecular flexibility index (Phi) is 3.61. The van der Waals surface area contributed by atoms with Gasteiger partial charge in [0.2, 0.25) is 0 Å². The van der Waals surface area contributed by atoms with Crippen LogP contribution in [-0.2, 0) is 9.53 Å². The Labute approximate surface area is 120 Å². The highest BCUT2D eigenvalue weighted by molar-refractivity contribution is 5.76. The maximum absolute atomic E-state index is 13.3. The van der Waals surface area contributed by atoms with Gasteiger partial charge in [0.25, 0.3) is 0 Å². The molecule has 3 rings (SSSR count). The van der Waals surface area contributed by atoms with E-state index in [1.165, 1.54) is 0 Å². The fourth-order valence-corrected chi connectivity index (χ4v) is 2.52. The van der Waals surface area contributed by atoms with Crippen LogP contribution in [0.25, 0.3) is 11.0 Å². The minimum Gasteiger partial charge on any atom is -0.454 e. The van der Waals surface area contributed by atoms with Crippen LogP contribution in [0.4, 0.5) is 8.78 Å². The molecule has 1 aromatic carbocycles. The number of imidazole rings is 1. The van der Waals surface area contributed by atoms with Gasteiger partial charge in [-0.1, -0.05) is 18.6 Å². The molecular formula is C15H16F2N2O2. The van der Waals surface area contributed by atoms with Crippen molar-refractivity contribution in [2.24, 2.45) is 5.92 Å². The van der Waals surface area contributed by atoms with Crippen molar-refractivity contribution >= 4 is 17.0 Å². The molecule has 112 valence electrons. The highest BCUT2D eigenvalue weighted by Crippen LogP contribution is 2.32. The van der Waals surface area contributed by atoms with E-state index in [2.05, 4.69) is 4.98 Å². The van der Waals surface area contributed by atoms with Crippen LogP contribution in [0.1, 0.15) is 44.7 Å². The number of nitrogens with zero attached hydrogens (tertiary/aromatic N) is 2. The first kappa shape index (κ1) is 14.0. The van der Waals surface area contributed by atoms with Crippen LogP contribution in [0.3, 0.4) is 0 Å². The molecule has 0 amide bonds. The van der Waals surface area contributed by atoms with Gasteiger partial charge >= 0.3 is 12.5 Å². The zero-order valence-corrected chi connectivity index (χ0v) is 11.6. The number of fused-ring (bicyclic) bond motifs is 1. The number of carbonyl (C=O) groups excluding carboxylic acids is 1. The molecule has 1 aliphatic carbocycles. The molecule has 1 unspecified atom stereocenters. The van der Waals surface area contributed by atoms with Crippen LogP contribution >= 0.6 is 0 Å². The molecule has 0 aliphatic heterocycles. The first-order valence-electron chi connectivity index (χ1n) is 7.03. The van der Waals surface area contributed by atoms with E-state index in [0.29, 0.717) is 11.0 Å². The predicted molar refractivity (Wildman–Crippen MR) is 72.8 cm³/mol. The first-order valence-corrected chi connectivity index (χ1v) is 7.03. The molecule has 2 aromatic rings. The van der Waals surface area contributed by atoms with Crippen molar-refractivity contribution in [3.63, 3.8) is 0 Å². The molecule has 1 heterocycles. The first-order chi connectivity index (χ1) is 10.1. The molecule has 0 bridgehead atoms. The Morgan fingerprint density at radius 3 is 2.71 bits per heavy atom. The fraction of sp³-hybridized carbons (Fsp3) is 0.467. The van der Waals surface area contributed by atoms with Gasteiger partial charge in [-0.15, -0.1) is 0 Å². The summed E-state index contributed by atoms with van der Waals surface area (Å²) in [5.41, 5.74) is 0.813. The van der Waals surface area contributed by atoms with Crippen molar-refractivity contribution in [1.82, 2.24) is 9.55 Å². The van der Waals surface area contributed by atoms with Gasteiger partial charge < -0.3 is 4.74 Å². The summed E-state index contributed by atoms with van der Waals surface area (Å²) in [6, 6.07) is 6.66. The number of hydrogen-bond acceptors (Lipinski definition) is 3. The monoisotopic (exact) mass is 294 g/mol. The number of alkyl halides is 2. The van der Waals surface area contributed by atoms with E-state index in [9.17, 15) is 13.6 Å². The van der Waals surface area contributed by atoms with E-state index in [1.54, 1.807) is 31.2 Å². The summed E-state index contributed by atoms with van der Waals surface area (Å²) in [6.07, 6.45) is 1.86. The van der Waals surface area contributed by atoms with E-state index in [4.69, 9.17) is 4.74 Å². The van der Waals surface area contributed by atoms with Gasteiger partial charge in [-0.05, 0) is 31.9 Å². The summed E-state index contributed by atoms with van der Waals surface area (Å²) in [7, 11) is 0. The maximum Gasteiger partial charge on any atom is 0.320 e. The van der Waals surface area contributed by atoms with Crippen molar-refractivity contribution in [2.75, 3.05) is 0 Å². The van der Waals surface area contributed by atoms with E-state index in [-0.39, 0.29) is 17.7 Å². The minimum absolute atomic E-state index is 0.0823. The largest absolute Gasteiger partial charge is 0.454 e. The zero-order valence-electron chi connectivity index (χ0n) is 11.6. The van der Waals surface area contributed by atoms with E-state index in [0.717, 1.165) is 23.8 Å². The van der Waals surface area contributed by atoms with E-state index >= 15 is 0 Å². The highest BCUT2D eigenvalue weighted by atomic mass is 19.3. The van der Waals surface area contributed by atoms with Gasteiger partial charge in [0.05, 0.1) is 17.0 Å². The lowest BCUT2D eigenvalue weighted by atomic mass is 9.86. The molecule has 1 aromatic heterocycles. The number of carbonyl (C=O) groups is 1. The summed E-state index contributed by atoms with van der Waals surface area (Å²) >= 11 is 0. The average Bonchev–Trinajstić information content (AvgIpc) is 2.75. The molecule has 0 radical (unpaired) electrons. The second kappa shape index (κ2) is 5.42. The molecule has 1 fully saturated rings. The molecular weight excluding hydrogens is 278 g/mol. The fourth-order valence-electron chi connectivity index (χ4n) is 2.52. The Bertz CT molecular complexity index is 665. The van der Waals surface area contributed by atoms with Crippen molar-refractivity contribution < 1.29 is 18.3 Å². The molecule has 4 nitrogen and oxygen atoms in total. The smallest absolute Gasteiger partial charge is 0.320 e. The molecule has 0 spiro atoms. The number of halogens is 2. The number of rotatable bonds is 4. The number of aromatic nitrogens is 2. The Morgan fingerprint density at radius 2 is 2.10 bits per heavy atom. The molecule has 6 heteroatoms. The van der Waals surface area contributed by atoms with Crippen LogP contribution in [0, 0.1) is 5.92 Å². The van der Waals surface area contributed by atoms with Crippen molar-refractivity contribution in [3.05, 3.63) is 30.1 Å². The topological polar surface area (TPSA) is 44.1 Å². The number of benzene rings is 1. The van der Waals surface area contributed by atoms with Gasteiger partial charge in [0, 0.05) is 0 Å². The van der Waals surface area contributed by atoms with Gasteiger partial charge in [-0.25, -0.2) is 4.98 Å². The third-order valence-electron chi connectivity index (χ3n) is 3.91.